The number of amides is 1. The highest BCUT2D eigenvalue weighted by atomic mass is 16.5. The first-order valence-corrected chi connectivity index (χ1v) is 13.6. The van der Waals surface area contributed by atoms with Crippen molar-refractivity contribution >= 4 is 5.91 Å². The minimum Gasteiger partial charge on any atom is -0.481 e. The fraction of sp³-hybridized carbons (Fsp3) is 0.265. The summed E-state index contributed by atoms with van der Waals surface area (Å²) < 4.78 is 6.30. The van der Waals surface area contributed by atoms with Crippen LogP contribution in [0.2, 0.25) is 0 Å². The second-order valence-corrected chi connectivity index (χ2v) is 10.1. The van der Waals surface area contributed by atoms with Crippen molar-refractivity contribution in [2.24, 2.45) is 0 Å². The van der Waals surface area contributed by atoms with Crippen LogP contribution in [0.5, 0.6) is 5.75 Å². The van der Waals surface area contributed by atoms with Gasteiger partial charge in [0.1, 0.15) is 5.75 Å². The molecule has 0 radical (unpaired) electrons. The van der Waals surface area contributed by atoms with E-state index in [0.717, 1.165) is 30.8 Å². The molecule has 1 N–H and O–H groups in total. The van der Waals surface area contributed by atoms with Gasteiger partial charge in [-0.2, -0.15) is 0 Å². The third-order valence-corrected chi connectivity index (χ3v) is 7.28. The molecule has 4 nitrogen and oxygen atoms in total. The van der Waals surface area contributed by atoms with E-state index in [1.807, 2.05) is 43.3 Å². The maximum absolute atomic E-state index is 13.0. The molecule has 0 aliphatic carbocycles. The molecule has 0 aromatic heterocycles. The van der Waals surface area contributed by atoms with Gasteiger partial charge in [-0.1, -0.05) is 103 Å². The maximum atomic E-state index is 13.0. The number of benzene rings is 4. The Morgan fingerprint density at radius 3 is 2.39 bits per heavy atom. The van der Waals surface area contributed by atoms with Crippen molar-refractivity contribution in [3.05, 3.63) is 137 Å². The first-order chi connectivity index (χ1) is 18.6. The highest BCUT2D eigenvalue weighted by Crippen LogP contribution is 2.38. The second kappa shape index (κ2) is 12.1. The van der Waals surface area contributed by atoms with Gasteiger partial charge in [0.15, 0.2) is 6.10 Å². The summed E-state index contributed by atoms with van der Waals surface area (Å²) in [6.07, 6.45) is 1.04. The highest BCUT2D eigenvalue weighted by Gasteiger charge is 2.30. The Morgan fingerprint density at radius 1 is 0.921 bits per heavy atom. The number of nitrogens with one attached hydrogen (secondary N) is 1. The summed E-state index contributed by atoms with van der Waals surface area (Å²) in [5.74, 6) is 0.651. The van der Waals surface area contributed by atoms with Crippen molar-refractivity contribution in [1.29, 1.82) is 0 Å². The van der Waals surface area contributed by atoms with Crippen molar-refractivity contribution in [2.45, 2.75) is 51.9 Å². The van der Waals surface area contributed by atoms with Crippen LogP contribution in [0.1, 0.15) is 52.8 Å². The Balaban J connectivity index is 1.38. The second-order valence-electron chi connectivity index (χ2n) is 10.1. The average molecular weight is 505 g/mol. The summed E-state index contributed by atoms with van der Waals surface area (Å²) in [5, 5.41) is 3.03. The fourth-order valence-electron chi connectivity index (χ4n) is 5.34. The summed E-state index contributed by atoms with van der Waals surface area (Å²) >= 11 is 0. The van der Waals surface area contributed by atoms with Crippen molar-refractivity contribution in [3.8, 4) is 5.75 Å². The van der Waals surface area contributed by atoms with E-state index in [4.69, 9.17) is 4.74 Å². The molecule has 4 heteroatoms. The number of hydrogen-bond donors (Lipinski definition) is 1. The molecule has 0 fully saturated rings. The number of ether oxygens (including phenoxy) is 1. The summed E-state index contributed by atoms with van der Waals surface area (Å²) in [7, 11) is 0. The third-order valence-electron chi connectivity index (χ3n) is 7.28. The van der Waals surface area contributed by atoms with E-state index in [0.29, 0.717) is 13.0 Å². The first kappa shape index (κ1) is 25.7. The molecule has 1 aliphatic rings. The fourth-order valence-corrected chi connectivity index (χ4v) is 5.34. The SMILES string of the molecule is CC[C@@H](Oc1ccc2c(c1)[C@@H](c1ccccc1)N(Cc1cccc(C)c1)CC2)C(=O)NCc1ccccc1. The van der Waals surface area contributed by atoms with E-state index in [9.17, 15) is 4.79 Å². The van der Waals surface area contributed by atoms with Gasteiger partial charge in [0.25, 0.3) is 5.91 Å². The quantitative estimate of drug-likeness (QED) is 0.279. The van der Waals surface area contributed by atoms with Crippen LogP contribution >= 0.6 is 0 Å². The van der Waals surface area contributed by atoms with E-state index >= 15 is 0 Å². The number of carbonyl (C=O) groups excluding carboxylic acids is 1. The molecule has 0 unspecified atom stereocenters. The minimum atomic E-state index is -0.543. The van der Waals surface area contributed by atoms with Crippen molar-refractivity contribution in [1.82, 2.24) is 10.2 Å². The van der Waals surface area contributed by atoms with Crippen LogP contribution in [0.4, 0.5) is 0 Å². The molecule has 194 valence electrons. The van der Waals surface area contributed by atoms with Crippen LogP contribution in [-0.2, 0) is 24.3 Å². The van der Waals surface area contributed by atoms with Crippen LogP contribution in [0, 0.1) is 6.92 Å². The molecule has 1 heterocycles. The molecule has 0 saturated carbocycles. The minimum absolute atomic E-state index is 0.0882. The average Bonchev–Trinajstić information content (AvgIpc) is 2.95. The summed E-state index contributed by atoms with van der Waals surface area (Å²) in [6.45, 7) is 6.49. The lowest BCUT2D eigenvalue weighted by Crippen LogP contribution is -2.38. The molecule has 4 aromatic carbocycles. The zero-order valence-corrected chi connectivity index (χ0v) is 22.3. The van der Waals surface area contributed by atoms with Crippen LogP contribution in [0.3, 0.4) is 0 Å². The van der Waals surface area contributed by atoms with E-state index in [1.54, 1.807) is 0 Å². The predicted molar refractivity (Wildman–Crippen MR) is 153 cm³/mol. The number of carbonyl (C=O) groups is 1. The smallest absolute Gasteiger partial charge is 0.261 e. The first-order valence-electron chi connectivity index (χ1n) is 13.6. The Labute approximate surface area is 226 Å². The van der Waals surface area contributed by atoms with Crippen LogP contribution in [0.25, 0.3) is 0 Å². The molecule has 0 saturated heterocycles. The van der Waals surface area contributed by atoms with Gasteiger partial charge < -0.3 is 10.1 Å². The lowest BCUT2D eigenvalue weighted by molar-refractivity contribution is -0.128. The van der Waals surface area contributed by atoms with E-state index in [1.165, 1.54) is 27.8 Å². The molecule has 5 rings (SSSR count). The topological polar surface area (TPSA) is 41.6 Å². The molecule has 1 aliphatic heterocycles. The Kier molecular flexibility index (Phi) is 8.20. The van der Waals surface area contributed by atoms with Gasteiger partial charge in [-0.15, -0.1) is 0 Å². The van der Waals surface area contributed by atoms with Gasteiger partial charge in [-0.25, -0.2) is 0 Å². The van der Waals surface area contributed by atoms with Gasteiger partial charge in [-0.05, 0) is 59.7 Å². The molecule has 0 spiro atoms. The van der Waals surface area contributed by atoms with Gasteiger partial charge in [0.05, 0.1) is 6.04 Å². The number of fused-ring (bicyclic) bond motifs is 1. The molecule has 38 heavy (non-hydrogen) atoms. The lowest BCUT2D eigenvalue weighted by atomic mass is 9.87. The van der Waals surface area contributed by atoms with Gasteiger partial charge >= 0.3 is 0 Å². The molecular weight excluding hydrogens is 468 g/mol. The Bertz CT molecular complexity index is 1350. The van der Waals surface area contributed by atoms with E-state index < -0.39 is 6.10 Å². The van der Waals surface area contributed by atoms with Gasteiger partial charge in [0.2, 0.25) is 0 Å². The van der Waals surface area contributed by atoms with Gasteiger partial charge in [0, 0.05) is 19.6 Å². The standard InChI is InChI=1S/C34H36N2O2/c1-3-32(34(37)35-23-26-12-6-4-7-13-26)38-30-18-17-28-19-20-36(24-27-14-10-11-25(2)21-27)33(31(28)22-30)29-15-8-5-9-16-29/h4-18,21-22,32-33H,3,19-20,23-24H2,1-2H3,(H,35,37)/t32-,33-/m1/s1. The Morgan fingerprint density at radius 2 is 1.66 bits per heavy atom. The molecule has 4 aromatic rings. The largest absolute Gasteiger partial charge is 0.481 e. The van der Waals surface area contributed by atoms with E-state index in [2.05, 4.69) is 83.9 Å². The number of aryl methyl sites for hydroxylation is 1. The van der Waals surface area contributed by atoms with Crippen LogP contribution in [-0.4, -0.2) is 23.5 Å². The zero-order valence-electron chi connectivity index (χ0n) is 22.3. The summed E-state index contributed by atoms with van der Waals surface area (Å²) in [6, 6.07) is 35.9. The van der Waals surface area contributed by atoms with Crippen LogP contribution < -0.4 is 10.1 Å². The van der Waals surface area contributed by atoms with Crippen LogP contribution in [0.15, 0.2) is 103 Å². The summed E-state index contributed by atoms with van der Waals surface area (Å²) in [4.78, 5) is 15.5. The third kappa shape index (κ3) is 6.15. The van der Waals surface area contributed by atoms with E-state index in [-0.39, 0.29) is 11.9 Å². The zero-order chi connectivity index (χ0) is 26.3. The molecule has 1 amide bonds. The van der Waals surface area contributed by atoms with Crippen molar-refractivity contribution in [3.63, 3.8) is 0 Å². The Hall–Kier alpha value is -3.89. The van der Waals surface area contributed by atoms with Gasteiger partial charge in [-0.3, -0.25) is 9.69 Å². The molecule has 0 bridgehead atoms. The number of nitrogens with zero attached hydrogens (tertiary/aromatic N) is 1. The lowest BCUT2D eigenvalue weighted by Gasteiger charge is -2.38. The molecular formula is C34H36N2O2. The van der Waals surface area contributed by atoms with Crippen molar-refractivity contribution in [2.75, 3.05) is 6.54 Å². The molecule has 2 atom stereocenters. The number of rotatable bonds is 9. The summed E-state index contributed by atoms with van der Waals surface area (Å²) in [5.41, 5.74) is 7.54. The predicted octanol–water partition coefficient (Wildman–Crippen LogP) is 6.62. The maximum Gasteiger partial charge on any atom is 0.261 e. The van der Waals surface area contributed by atoms with Crippen molar-refractivity contribution < 1.29 is 9.53 Å². The monoisotopic (exact) mass is 504 g/mol. The number of hydrogen-bond acceptors (Lipinski definition) is 3. The highest BCUT2D eigenvalue weighted by molar-refractivity contribution is 5.81. The normalized spacial score (nSPS) is 15.9.